The highest BCUT2D eigenvalue weighted by Gasteiger charge is 2.48. The highest BCUT2D eigenvalue weighted by molar-refractivity contribution is 7.89. The van der Waals surface area contributed by atoms with Crippen molar-refractivity contribution in [1.82, 2.24) is 4.72 Å². The predicted octanol–water partition coefficient (Wildman–Crippen LogP) is 2.54. The van der Waals surface area contributed by atoms with Crippen molar-refractivity contribution in [3.8, 4) is 0 Å². The standard InChI is InChI=1S/C16H23NO3S/c1-12-3-4-14(11-13(12)2)21(18,19)17-15-5-6-16(15)7-9-20-10-8-16/h3-4,11,15,17H,5-10H2,1-2H3. The average Bonchev–Trinajstić information content (AvgIpc) is 2.47. The monoisotopic (exact) mass is 309 g/mol. The molecule has 1 aliphatic carbocycles. The number of ether oxygens (including phenoxy) is 1. The molecule has 1 spiro atoms. The third kappa shape index (κ3) is 2.74. The maximum atomic E-state index is 12.6. The lowest BCUT2D eigenvalue weighted by molar-refractivity contribution is -0.0483. The number of aryl methyl sites for hydroxylation is 2. The molecule has 1 atom stereocenters. The molecule has 2 aliphatic rings. The maximum Gasteiger partial charge on any atom is 0.240 e. The smallest absolute Gasteiger partial charge is 0.240 e. The molecule has 1 aromatic carbocycles. The van der Waals surface area contributed by atoms with Gasteiger partial charge in [-0.1, -0.05) is 6.07 Å². The Morgan fingerprint density at radius 3 is 2.43 bits per heavy atom. The van der Waals surface area contributed by atoms with Crippen LogP contribution < -0.4 is 4.72 Å². The molecule has 0 bridgehead atoms. The Balaban J connectivity index is 1.78. The summed E-state index contributed by atoms with van der Waals surface area (Å²) in [6.45, 7) is 5.43. The number of hydrogen-bond acceptors (Lipinski definition) is 3. The first-order valence-corrected chi connectivity index (χ1v) is 9.09. The third-order valence-electron chi connectivity index (χ3n) is 5.24. The van der Waals surface area contributed by atoms with Gasteiger partial charge >= 0.3 is 0 Å². The van der Waals surface area contributed by atoms with Crippen molar-refractivity contribution in [3.63, 3.8) is 0 Å². The second-order valence-electron chi connectivity index (χ2n) is 6.43. The van der Waals surface area contributed by atoms with Gasteiger partial charge < -0.3 is 4.74 Å². The van der Waals surface area contributed by atoms with Gasteiger partial charge in [-0.25, -0.2) is 13.1 Å². The van der Waals surface area contributed by atoms with Crippen LogP contribution in [0.25, 0.3) is 0 Å². The molecule has 1 aromatic rings. The predicted molar refractivity (Wildman–Crippen MR) is 81.7 cm³/mol. The van der Waals surface area contributed by atoms with Gasteiger partial charge in [-0.2, -0.15) is 0 Å². The van der Waals surface area contributed by atoms with Crippen LogP contribution in [0.4, 0.5) is 0 Å². The van der Waals surface area contributed by atoms with Crippen LogP contribution in [0.5, 0.6) is 0 Å². The first-order chi connectivity index (χ1) is 9.93. The minimum Gasteiger partial charge on any atom is -0.381 e. The Morgan fingerprint density at radius 1 is 1.14 bits per heavy atom. The summed E-state index contributed by atoms with van der Waals surface area (Å²) in [4.78, 5) is 0.375. The molecule has 21 heavy (non-hydrogen) atoms. The van der Waals surface area contributed by atoms with Gasteiger partial charge in [0, 0.05) is 19.3 Å². The molecular formula is C16H23NO3S. The second kappa shape index (κ2) is 5.38. The van der Waals surface area contributed by atoms with Crippen LogP contribution in [0, 0.1) is 19.3 Å². The molecule has 1 saturated carbocycles. The zero-order chi connectivity index (χ0) is 15.1. The molecule has 1 aliphatic heterocycles. The van der Waals surface area contributed by atoms with Crippen LogP contribution in [0.15, 0.2) is 23.1 Å². The van der Waals surface area contributed by atoms with E-state index in [-0.39, 0.29) is 11.5 Å². The number of benzene rings is 1. The Labute approximate surface area is 126 Å². The van der Waals surface area contributed by atoms with Crippen LogP contribution in [0.1, 0.15) is 36.8 Å². The van der Waals surface area contributed by atoms with Gasteiger partial charge in [0.25, 0.3) is 0 Å². The van der Waals surface area contributed by atoms with E-state index in [0.29, 0.717) is 4.90 Å². The van der Waals surface area contributed by atoms with Crippen molar-refractivity contribution < 1.29 is 13.2 Å². The van der Waals surface area contributed by atoms with Crippen molar-refractivity contribution >= 4 is 10.0 Å². The first kappa shape index (κ1) is 15.0. The lowest BCUT2D eigenvalue weighted by atomic mass is 9.60. The molecule has 0 aromatic heterocycles. The normalized spacial score (nSPS) is 24.8. The van der Waals surface area contributed by atoms with Gasteiger partial charge in [0.05, 0.1) is 4.90 Å². The Morgan fingerprint density at radius 2 is 1.86 bits per heavy atom. The molecular weight excluding hydrogens is 286 g/mol. The van der Waals surface area contributed by atoms with Crippen LogP contribution in [-0.2, 0) is 14.8 Å². The van der Waals surface area contributed by atoms with Crippen molar-refractivity contribution in [3.05, 3.63) is 29.3 Å². The summed E-state index contributed by atoms with van der Waals surface area (Å²) in [7, 11) is -3.43. The van der Waals surface area contributed by atoms with Gasteiger partial charge in [0.2, 0.25) is 10.0 Å². The minimum absolute atomic E-state index is 0.0630. The van der Waals surface area contributed by atoms with E-state index in [9.17, 15) is 8.42 Å². The van der Waals surface area contributed by atoms with Crippen molar-refractivity contribution in [2.75, 3.05) is 13.2 Å². The molecule has 2 fully saturated rings. The van der Waals surface area contributed by atoms with Crippen molar-refractivity contribution in [2.45, 2.75) is 50.5 Å². The molecule has 0 amide bonds. The van der Waals surface area contributed by atoms with Gasteiger partial charge in [0.1, 0.15) is 0 Å². The molecule has 1 unspecified atom stereocenters. The van der Waals surface area contributed by atoms with E-state index in [1.807, 2.05) is 19.9 Å². The minimum atomic E-state index is -3.43. The van der Waals surface area contributed by atoms with E-state index < -0.39 is 10.0 Å². The third-order valence-corrected chi connectivity index (χ3v) is 6.71. The zero-order valence-electron chi connectivity index (χ0n) is 12.7. The molecule has 1 heterocycles. The highest BCUT2D eigenvalue weighted by Crippen LogP contribution is 2.49. The van der Waals surface area contributed by atoms with E-state index in [0.717, 1.165) is 50.0 Å². The summed E-state index contributed by atoms with van der Waals surface area (Å²) in [6, 6.07) is 5.38. The Bertz CT molecular complexity index is 633. The zero-order valence-corrected chi connectivity index (χ0v) is 13.5. The van der Waals surface area contributed by atoms with E-state index in [4.69, 9.17) is 4.74 Å². The Kier molecular flexibility index (Phi) is 3.84. The van der Waals surface area contributed by atoms with Crippen LogP contribution in [-0.4, -0.2) is 27.7 Å². The fraction of sp³-hybridized carbons (Fsp3) is 0.625. The number of nitrogens with one attached hydrogen (secondary N) is 1. The molecule has 116 valence electrons. The first-order valence-electron chi connectivity index (χ1n) is 7.60. The second-order valence-corrected chi connectivity index (χ2v) is 8.15. The average molecular weight is 309 g/mol. The maximum absolute atomic E-state index is 12.6. The van der Waals surface area contributed by atoms with E-state index >= 15 is 0 Å². The van der Waals surface area contributed by atoms with Crippen LogP contribution in [0.2, 0.25) is 0 Å². The van der Waals surface area contributed by atoms with Gasteiger partial charge in [0.15, 0.2) is 0 Å². The summed E-state index contributed by atoms with van der Waals surface area (Å²) in [6.07, 6.45) is 3.97. The summed E-state index contributed by atoms with van der Waals surface area (Å²) in [5.74, 6) is 0. The summed E-state index contributed by atoms with van der Waals surface area (Å²) < 4.78 is 33.5. The summed E-state index contributed by atoms with van der Waals surface area (Å²) >= 11 is 0. The van der Waals surface area contributed by atoms with Gasteiger partial charge in [-0.3, -0.25) is 0 Å². The van der Waals surface area contributed by atoms with E-state index in [1.165, 1.54) is 0 Å². The largest absolute Gasteiger partial charge is 0.381 e. The Hall–Kier alpha value is -0.910. The summed E-state index contributed by atoms with van der Waals surface area (Å²) in [5.41, 5.74) is 2.25. The van der Waals surface area contributed by atoms with Gasteiger partial charge in [-0.05, 0) is 68.2 Å². The fourth-order valence-corrected chi connectivity index (χ4v) is 4.85. The van der Waals surface area contributed by atoms with E-state index in [2.05, 4.69) is 4.72 Å². The summed E-state index contributed by atoms with van der Waals surface area (Å²) in [5, 5.41) is 0. The SMILES string of the molecule is Cc1ccc(S(=O)(=O)NC2CCC23CCOCC3)cc1C. The molecule has 3 rings (SSSR count). The van der Waals surface area contributed by atoms with Crippen LogP contribution in [0.3, 0.4) is 0 Å². The molecule has 0 radical (unpaired) electrons. The van der Waals surface area contributed by atoms with Crippen molar-refractivity contribution in [1.29, 1.82) is 0 Å². The topological polar surface area (TPSA) is 55.4 Å². The fourth-order valence-electron chi connectivity index (χ4n) is 3.39. The molecule has 1 saturated heterocycles. The quantitative estimate of drug-likeness (QED) is 0.933. The molecule has 1 N–H and O–H groups in total. The lowest BCUT2D eigenvalue weighted by Gasteiger charge is -2.51. The lowest BCUT2D eigenvalue weighted by Crippen LogP contribution is -2.57. The molecule has 5 heteroatoms. The number of sulfonamides is 1. The van der Waals surface area contributed by atoms with Gasteiger partial charge in [-0.15, -0.1) is 0 Å². The van der Waals surface area contributed by atoms with Crippen molar-refractivity contribution in [2.24, 2.45) is 5.41 Å². The number of hydrogen-bond donors (Lipinski definition) is 1. The van der Waals surface area contributed by atoms with Crippen LogP contribution >= 0.6 is 0 Å². The molecule has 4 nitrogen and oxygen atoms in total. The number of rotatable bonds is 3. The van der Waals surface area contributed by atoms with E-state index in [1.54, 1.807) is 12.1 Å². The highest BCUT2D eigenvalue weighted by atomic mass is 32.2.